The first-order chi connectivity index (χ1) is 17.4. The number of pyridine rings is 1. The molecule has 0 spiro atoms. The van der Waals surface area contributed by atoms with Gasteiger partial charge in [0.1, 0.15) is 5.82 Å². The lowest BCUT2D eigenvalue weighted by Gasteiger charge is -2.28. The average molecular weight is 501 g/mol. The molecule has 1 aliphatic rings. The Morgan fingerprint density at radius 3 is 2.50 bits per heavy atom. The highest BCUT2D eigenvalue weighted by Gasteiger charge is 2.42. The molecule has 0 unspecified atom stereocenters. The molecule has 0 saturated carbocycles. The number of anilines is 1. The first-order valence-corrected chi connectivity index (χ1v) is 11.9. The van der Waals surface area contributed by atoms with Crippen molar-refractivity contribution in [1.82, 2.24) is 14.9 Å². The number of nitrogens with one attached hydrogen (secondary N) is 1. The highest BCUT2D eigenvalue weighted by molar-refractivity contribution is 7.80. The van der Waals surface area contributed by atoms with E-state index in [2.05, 4.69) is 20.9 Å². The highest BCUT2D eigenvalue weighted by atomic mass is 32.1. The number of halogens is 1. The van der Waals surface area contributed by atoms with Crippen molar-refractivity contribution in [2.24, 2.45) is 0 Å². The number of rotatable bonds is 5. The Labute approximate surface area is 214 Å². The minimum atomic E-state index is -0.387. The number of thiocarbonyl (C=S) groups is 1. The lowest BCUT2D eigenvalue weighted by molar-refractivity contribution is 0.0600. The summed E-state index contributed by atoms with van der Waals surface area (Å²) < 4.78 is 20.8. The van der Waals surface area contributed by atoms with Gasteiger partial charge in [-0.1, -0.05) is 12.1 Å². The summed E-state index contributed by atoms with van der Waals surface area (Å²) in [5.74, 6) is -0.694. The van der Waals surface area contributed by atoms with Gasteiger partial charge in [0.05, 0.1) is 30.5 Å². The summed E-state index contributed by atoms with van der Waals surface area (Å²) in [6.07, 6.45) is 1.76. The van der Waals surface area contributed by atoms with Crippen molar-refractivity contribution < 1.29 is 13.9 Å². The van der Waals surface area contributed by atoms with Crippen LogP contribution >= 0.6 is 12.2 Å². The van der Waals surface area contributed by atoms with Crippen molar-refractivity contribution in [2.75, 3.05) is 12.0 Å². The van der Waals surface area contributed by atoms with Crippen LogP contribution < -0.4 is 10.2 Å². The van der Waals surface area contributed by atoms with E-state index in [1.807, 2.05) is 55.1 Å². The molecule has 36 heavy (non-hydrogen) atoms. The zero-order valence-electron chi connectivity index (χ0n) is 20.1. The number of nitrogens with zero attached hydrogens (tertiary/aromatic N) is 3. The topological polar surface area (TPSA) is 59.4 Å². The van der Waals surface area contributed by atoms with Gasteiger partial charge in [0.25, 0.3) is 0 Å². The molecule has 182 valence electrons. The number of aromatic nitrogens is 2. The first kappa shape index (κ1) is 23.7. The third kappa shape index (κ3) is 4.13. The van der Waals surface area contributed by atoms with Crippen molar-refractivity contribution >= 4 is 29.0 Å². The minimum Gasteiger partial charge on any atom is -0.465 e. The SMILES string of the molecule is COC(=O)c1cccc(-n2c(C)cc([C@@H]3[C@H](c4ccccn4)NC(=S)N3c3ccc(F)cc3)c2C)c1. The number of carbonyl (C=O) groups excluding carboxylic acids is 1. The maximum absolute atomic E-state index is 13.7. The zero-order chi connectivity index (χ0) is 25.4. The first-order valence-electron chi connectivity index (χ1n) is 11.5. The fourth-order valence-electron chi connectivity index (χ4n) is 4.92. The fraction of sp³-hybridized carbons (Fsp3) is 0.179. The third-order valence-corrected chi connectivity index (χ3v) is 6.83. The number of benzene rings is 2. The summed E-state index contributed by atoms with van der Waals surface area (Å²) in [5, 5.41) is 3.98. The fourth-order valence-corrected chi connectivity index (χ4v) is 5.27. The van der Waals surface area contributed by atoms with E-state index in [1.54, 1.807) is 24.4 Å². The van der Waals surface area contributed by atoms with Crippen molar-refractivity contribution in [2.45, 2.75) is 25.9 Å². The van der Waals surface area contributed by atoms with E-state index in [-0.39, 0.29) is 23.9 Å². The van der Waals surface area contributed by atoms with Crippen LogP contribution in [-0.2, 0) is 4.74 Å². The Kier molecular flexibility index (Phi) is 6.28. The lowest BCUT2D eigenvalue weighted by atomic mass is 9.96. The summed E-state index contributed by atoms with van der Waals surface area (Å²) in [6.45, 7) is 4.08. The monoisotopic (exact) mass is 500 g/mol. The summed E-state index contributed by atoms with van der Waals surface area (Å²) in [6, 6.07) is 21.2. The van der Waals surface area contributed by atoms with Crippen LogP contribution in [-0.4, -0.2) is 27.7 Å². The number of carbonyl (C=O) groups is 1. The van der Waals surface area contributed by atoms with Crippen LogP contribution in [0, 0.1) is 19.7 Å². The standard InChI is InChI=1S/C28H25FN4O2S/c1-17-15-23(18(2)32(17)22-8-6-7-19(16-22)27(34)35-3)26-25(24-9-4-5-14-30-24)31-28(36)33(26)21-12-10-20(29)11-13-21/h4-16,25-26H,1-3H3,(H,31,36)/t25-,26+/m0/s1. The Hall–Kier alpha value is -4.04. The number of ether oxygens (including phenoxy) is 1. The van der Waals surface area contributed by atoms with Crippen LogP contribution in [0.4, 0.5) is 10.1 Å². The van der Waals surface area contributed by atoms with Crippen molar-refractivity contribution in [3.8, 4) is 5.69 Å². The van der Waals surface area contributed by atoms with Gasteiger partial charge in [0.2, 0.25) is 0 Å². The number of hydrogen-bond donors (Lipinski definition) is 1. The molecule has 2 aromatic carbocycles. The quantitative estimate of drug-likeness (QED) is 0.285. The molecule has 4 aromatic rings. The van der Waals surface area contributed by atoms with E-state index in [1.165, 1.54) is 19.2 Å². The van der Waals surface area contributed by atoms with Crippen LogP contribution in [0.15, 0.2) is 79.0 Å². The summed E-state index contributed by atoms with van der Waals surface area (Å²) in [5.41, 5.74) is 6.02. The molecule has 1 fully saturated rings. The molecule has 2 atom stereocenters. The molecule has 0 radical (unpaired) electrons. The number of hydrogen-bond acceptors (Lipinski definition) is 4. The summed E-state index contributed by atoms with van der Waals surface area (Å²) >= 11 is 5.78. The summed E-state index contributed by atoms with van der Waals surface area (Å²) in [4.78, 5) is 18.8. The second-order valence-electron chi connectivity index (χ2n) is 8.68. The maximum Gasteiger partial charge on any atom is 0.337 e. The normalized spacial score (nSPS) is 17.2. The van der Waals surface area contributed by atoms with Crippen LogP contribution in [0.3, 0.4) is 0 Å². The molecular weight excluding hydrogens is 475 g/mol. The smallest absolute Gasteiger partial charge is 0.337 e. The Morgan fingerprint density at radius 1 is 1.03 bits per heavy atom. The van der Waals surface area contributed by atoms with E-state index in [9.17, 15) is 9.18 Å². The number of methoxy groups -OCH3 is 1. The molecule has 0 bridgehead atoms. The third-order valence-electron chi connectivity index (χ3n) is 6.52. The predicted octanol–water partition coefficient (Wildman–Crippen LogP) is 5.59. The molecule has 2 aromatic heterocycles. The van der Waals surface area contributed by atoms with E-state index in [0.717, 1.165) is 34.0 Å². The molecule has 8 heteroatoms. The Balaban J connectivity index is 1.66. The van der Waals surface area contributed by atoms with E-state index in [4.69, 9.17) is 17.0 Å². The van der Waals surface area contributed by atoms with Crippen LogP contribution in [0.25, 0.3) is 5.69 Å². The van der Waals surface area contributed by atoms with E-state index >= 15 is 0 Å². The van der Waals surface area contributed by atoms with Gasteiger partial charge in [-0.15, -0.1) is 0 Å². The molecule has 0 aliphatic carbocycles. The van der Waals surface area contributed by atoms with Crippen LogP contribution in [0.5, 0.6) is 0 Å². The second-order valence-corrected chi connectivity index (χ2v) is 9.06. The summed E-state index contributed by atoms with van der Waals surface area (Å²) in [7, 11) is 1.37. The van der Waals surface area contributed by atoms with Gasteiger partial charge < -0.3 is 19.5 Å². The second kappa shape index (κ2) is 9.54. The van der Waals surface area contributed by atoms with E-state index < -0.39 is 0 Å². The predicted molar refractivity (Wildman–Crippen MR) is 141 cm³/mol. The van der Waals surface area contributed by atoms with Gasteiger partial charge >= 0.3 is 5.97 Å². The number of esters is 1. The maximum atomic E-state index is 13.7. The van der Waals surface area contributed by atoms with Gasteiger partial charge in [-0.05, 0) is 92.3 Å². The van der Waals surface area contributed by atoms with Gasteiger partial charge in [0, 0.05) is 29.0 Å². The Bertz CT molecular complexity index is 1440. The van der Waals surface area contributed by atoms with Gasteiger partial charge in [-0.3, -0.25) is 4.98 Å². The number of aryl methyl sites for hydroxylation is 1. The molecule has 5 rings (SSSR count). The Morgan fingerprint density at radius 2 is 1.81 bits per heavy atom. The van der Waals surface area contributed by atoms with Crippen molar-refractivity contribution in [3.05, 3.63) is 113 Å². The average Bonchev–Trinajstić information content (AvgIpc) is 3.39. The van der Waals surface area contributed by atoms with Gasteiger partial charge in [0.15, 0.2) is 5.11 Å². The molecule has 0 amide bonds. The molecule has 6 nitrogen and oxygen atoms in total. The van der Waals surface area contributed by atoms with E-state index in [0.29, 0.717) is 10.7 Å². The molecular formula is C28H25FN4O2S. The van der Waals surface area contributed by atoms with Crippen molar-refractivity contribution in [1.29, 1.82) is 0 Å². The molecule has 1 N–H and O–H groups in total. The largest absolute Gasteiger partial charge is 0.465 e. The zero-order valence-corrected chi connectivity index (χ0v) is 20.9. The minimum absolute atomic E-state index is 0.223. The van der Waals surface area contributed by atoms with Crippen LogP contribution in [0.2, 0.25) is 0 Å². The lowest BCUT2D eigenvalue weighted by Crippen LogP contribution is -2.29. The molecule has 3 heterocycles. The molecule has 1 aliphatic heterocycles. The highest BCUT2D eigenvalue weighted by Crippen LogP contribution is 2.43. The van der Waals surface area contributed by atoms with Crippen LogP contribution in [0.1, 0.15) is 45.1 Å². The van der Waals surface area contributed by atoms with Gasteiger partial charge in [-0.2, -0.15) is 0 Å². The molecule has 1 saturated heterocycles. The van der Waals surface area contributed by atoms with Gasteiger partial charge in [-0.25, -0.2) is 9.18 Å². The van der Waals surface area contributed by atoms with Crippen molar-refractivity contribution in [3.63, 3.8) is 0 Å².